The molecule has 0 spiro atoms. The Hall–Kier alpha value is -1.40. The van der Waals surface area contributed by atoms with Gasteiger partial charge in [-0.2, -0.15) is 0 Å². The minimum Gasteiger partial charge on any atom is -0.466 e. The zero-order chi connectivity index (χ0) is 53.6. The van der Waals surface area contributed by atoms with Crippen LogP contribution in [0.1, 0.15) is 386 Å². The number of hydrogen-bond donors (Lipinski definition) is 3. The smallest absolute Gasteiger partial charge is 0.305 e. The quantitative estimate of drug-likeness (QED) is 0.0320. The van der Waals surface area contributed by atoms with Crippen molar-refractivity contribution in [2.75, 3.05) is 13.2 Å². The fourth-order valence-corrected chi connectivity index (χ4v) is 10.9. The topological polar surface area (TPSA) is 95.9 Å². The van der Waals surface area contributed by atoms with Crippen LogP contribution in [0, 0.1) is 0 Å². The Balaban J connectivity index is 3.43. The zero-order valence-corrected chi connectivity index (χ0v) is 50.4. The molecular weight excluding hydrogens is 911 g/mol. The minimum atomic E-state index is -0.851. The molecule has 0 saturated carbocycles. The predicted molar refractivity (Wildman–Crippen MR) is 324 cm³/mol. The maximum atomic E-state index is 12.5. The number of allylic oxidation sites excluding steroid dienone is 1. The van der Waals surface area contributed by atoms with E-state index in [1.54, 1.807) is 6.08 Å². The Morgan fingerprint density at radius 1 is 0.365 bits per heavy atom. The molecule has 6 heteroatoms. The summed E-state index contributed by atoms with van der Waals surface area (Å²) in [5, 5.41) is 23.3. The molecule has 0 aromatic carbocycles. The minimum absolute atomic E-state index is 0.00533. The van der Waals surface area contributed by atoms with Crippen LogP contribution in [-0.4, -0.2) is 47.4 Å². The number of nitrogens with one attached hydrogen (secondary N) is 1. The van der Waals surface area contributed by atoms with Crippen LogP contribution in [0.4, 0.5) is 0 Å². The number of unbranched alkanes of at least 4 members (excludes halogenated alkanes) is 53. The average Bonchev–Trinajstić information content (AvgIpc) is 3.40. The van der Waals surface area contributed by atoms with Gasteiger partial charge in [0.15, 0.2) is 0 Å². The molecule has 2 unspecified atom stereocenters. The number of amides is 1. The first-order valence-corrected chi connectivity index (χ1v) is 34.0. The molecule has 0 rings (SSSR count). The summed E-state index contributed by atoms with van der Waals surface area (Å²) in [4.78, 5) is 24.6. The van der Waals surface area contributed by atoms with E-state index in [9.17, 15) is 19.8 Å². The van der Waals surface area contributed by atoms with Crippen LogP contribution in [0.2, 0.25) is 0 Å². The van der Waals surface area contributed by atoms with Gasteiger partial charge in [0.2, 0.25) is 5.91 Å². The van der Waals surface area contributed by atoms with Crippen LogP contribution in [0.5, 0.6) is 0 Å². The Morgan fingerprint density at radius 2 is 0.622 bits per heavy atom. The maximum absolute atomic E-state index is 12.5. The molecule has 0 fully saturated rings. The molecule has 6 nitrogen and oxygen atoms in total. The Morgan fingerprint density at radius 3 is 0.919 bits per heavy atom. The normalized spacial score (nSPS) is 12.5. The monoisotopic (exact) mass is 1040 g/mol. The van der Waals surface area contributed by atoms with E-state index in [0.717, 1.165) is 44.9 Å². The number of aliphatic hydroxyl groups is 2. The van der Waals surface area contributed by atoms with Crippen LogP contribution >= 0.6 is 0 Å². The first kappa shape index (κ1) is 72.6. The third kappa shape index (κ3) is 59.8. The maximum Gasteiger partial charge on any atom is 0.305 e. The van der Waals surface area contributed by atoms with E-state index in [4.69, 9.17) is 4.74 Å². The summed E-state index contributed by atoms with van der Waals surface area (Å²) >= 11 is 0. The summed E-state index contributed by atoms with van der Waals surface area (Å²) in [6.07, 6.45) is 78.4. The molecule has 0 aromatic rings. The number of carbonyl (C=O) groups excluding carboxylic acids is 2. The molecule has 0 aromatic heterocycles. The van der Waals surface area contributed by atoms with E-state index >= 15 is 0 Å². The van der Waals surface area contributed by atoms with Crippen molar-refractivity contribution >= 4 is 11.9 Å². The summed E-state index contributed by atoms with van der Waals surface area (Å²) in [5.74, 6) is -0.0661. The largest absolute Gasteiger partial charge is 0.466 e. The lowest BCUT2D eigenvalue weighted by Crippen LogP contribution is -2.45. The van der Waals surface area contributed by atoms with Crippen LogP contribution in [0.25, 0.3) is 0 Å². The van der Waals surface area contributed by atoms with Gasteiger partial charge in [-0.1, -0.05) is 353 Å². The first-order chi connectivity index (χ1) is 36.5. The predicted octanol–water partition coefficient (Wildman–Crippen LogP) is 21.6. The number of aliphatic hydroxyl groups excluding tert-OH is 2. The molecule has 3 N–H and O–H groups in total. The van der Waals surface area contributed by atoms with Crippen molar-refractivity contribution in [1.29, 1.82) is 0 Å². The molecule has 0 aliphatic carbocycles. The highest BCUT2D eigenvalue weighted by Crippen LogP contribution is 2.19. The highest BCUT2D eigenvalue weighted by Gasteiger charge is 2.18. The van der Waals surface area contributed by atoms with Crippen molar-refractivity contribution in [3.05, 3.63) is 12.2 Å². The van der Waals surface area contributed by atoms with Gasteiger partial charge >= 0.3 is 5.97 Å². The third-order valence-corrected chi connectivity index (χ3v) is 16.1. The van der Waals surface area contributed by atoms with E-state index in [-0.39, 0.29) is 18.5 Å². The zero-order valence-electron chi connectivity index (χ0n) is 50.4. The van der Waals surface area contributed by atoms with Crippen molar-refractivity contribution < 1.29 is 24.5 Å². The molecular formula is C68H133NO5. The number of carbonyl (C=O) groups is 2. The molecule has 1 amide bonds. The van der Waals surface area contributed by atoms with Crippen LogP contribution in [0.15, 0.2) is 12.2 Å². The lowest BCUT2D eigenvalue weighted by Gasteiger charge is -2.20. The Kier molecular flexibility index (Phi) is 62.9. The molecule has 0 saturated heterocycles. The molecule has 74 heavy (non-hydrogen) atoms. The van der Waals surface area contributed by atoms with Crippen molar-refractivity contribution in [3.63, 3.8) is 0 Å². The van der Waals surface area contributed by atoms with E-state index in [1.807, 2.05) is 6.08 Å². The molecule has 0 bridgehead atoms. The summed E-state index contributed by atoms with van der Waals surface area (Å²) in [5.41, 5.74) is 0. The molecule has 0 aliphatic heterocycles. The lowest BCUT2D eigenvalue weighted by atomic mass is 10.0. The fourth-order valence-electron chi connectivity index (χ4n) is 10.9. The van der Waals surface area contributed by atoms with Gasteiger partial charge in [-0.05, 0) is 32.1 Å². The molecule has 2 atom stereocenters. The first-order valence-electron chi connectivity index (χ1n) is 34.0. The van der Waals surface area contributed by atoms with Crippen molar-refractivity contribution in [1.82, 2.24) is 5.32 Å². The Bertz CT molecular complexity index is 1110. The highest BCUT2D eigenvalue weighted by molar-refractivity contribution is 5.76. The Labute approximate surface area is 463 Å². The van der Waals surface area contributed by atoms with Crippen molar-refractivity contribution in [2.24, 2.45) is 0 Å². The molecule has 0 aliphatic rings. The highest BCUT2D eigenvalue weighted by atomic mass is 16.5. The van der Waals surface area contributed by atoms with Crippen LogP contribution < -0.4 is 5.32 Å². The van der Waals surface area contributed by atoms with E-state index < -0.39 is 12.1 Å². The SMILES string of the molecule is CCCCCCCCCCCCCCCCCCCCCCCC/C=C/C(O)C(CO)NC(=O)CCCCCCCCCCCCCCCCCOC(=O)CCCCCCCCCCCCCCCCCCCC. The van der Waals surface area contributed by atoms with Gasteiger partial charge in [-0.25, -0.2) is 0 Å². The van der Waals surface area contributed by atoms with Gasteiger partial charge in [-0.3, -0.25) is 9.59 Å². The number of ether oxygens (including phenoxy) is 1. The second-order valence-corrected chi connectivity index (χ2v) is 23.5. The van der Waals surface area contributed by atoms with Crippen LogP contribution in [0.3, 0.4) is 0 Å². The van der Waals surface area contributed by atoms with Gasteiger partial charge in [0.25, 0.3) is 0 Å². The summed E-state index contributed by atoms with van der Waals surface area (Å²) in [6.45, 7) is 4.93. The molecule has 0 radical (unpaired) electrons. The number of rotatable bonds is 64. The average molecular weight is 1040 g/mol. The summed E-state index contributed by atoms with van der Waals surface area (Å²) in [7, 11) is 0. The van der Waals surface area contributed by atoms with Gasteiger partial charge < -0.3 is 20.3 Å². The fraction of sp³-hybridized carbons (Fsp3) is 0.941. The van der Waals surface area contributed by atoms with Gasteiger partial charge in [0.05, 0.1) is 25.4 Å². The standard InChI is InChI=1S/C68H133NO5/c1-3-5-7-9-11-13-15-17-19-21-23-24-25-26-27-28-29-32-36-40-44-48-52-56-60-66(71)65(64-70)69-67(72)61-57-53-49-45-41-37-33-31-35-39-43-47-51-55-59-63-74-68(73)62-58-54-50-46-42-38-34-30-22-20-18-16-14-12-10-8-6-4-2/h56,60,65-66,70-71H,3-55,57-59,61-64H2,1-2H3,(H,69,72)/b60-56+. The van der Waals surface area contributed by atoms with E-state index in [0.29, 0.717) is 19.4 Å². The van der Waals surface area contributed by atoms with Crippen molar-refractivity contribution in [2.45, 2.75) is 398 Å². The number of hydrogen-bond acceptors (Lipinski definition) is 5. The molecule has 0 heterocycles. The summed E-state index contributed by atoms with van der Waals surface area (Å²) in [6, 6.07) is -0.635. The van der Waals surface area contributed by atoms with Gasteiger partial charge in [0, 0.05) is 12.8 Å². The lowest BCUT2D eigenvalue weighted by molar-refractivity contribution is -0.143. The van der Waals surface area contributed by atoms with E-state index in [2.05, 4.69) is 19.2 Å². The second-order valence-electron chi connectivity index (χ2n) is 23.5. The van der Waals surface area contributed by atoms with Gasteiger partial charge in [-0.15, -0.1) is 0 Å². The second kappa shape index (κ2) is 64.1. The number of esters is 1. The van der Waals surface area contributed by atoms with Crippen molar-refractivity contribution in [3.8, 4) is 0 Å². The molecule has 440 valence electrons. The van der Waals surface area contributed by atoms with Crippen LogP contribution in [-0.2, 0) is 14.3 Å². The van der Waals surface area contributed by atoms with Gasteiger partial charge in [0.1, 0.15) is 0 Å². The summed E-state index contributed by atoms with van der Waals surface area (Å²) < 4.78 is 5.50. The van der Waals surface area contributed by atoms with E-state index in [1.165, 1.54) is 315 Å². The third-order valence-electron chi connectivity index (χ3n) is 16.1.